The minimum atomic E-state index is 0.126. The number of halogens is 2. The molecule has 1 aliphatic carbocycles. The lowest BCUT2D eigenvalue weighted by atomic mass is 9.70. The molecule has 0 fully saturated rings. The molecular formula is C23H28Cl2. The first-order chi connectivity index (χ1) is 12.2. The Balaban J connectivity index is 2.23. The lowest BCUT2D eigenvalue weighted by Crippen LogP contribution is -2.25. The largest absolute Gasteiger partial charge is 0.122 e. The summed E-state index contributed by atoms with van der Waals surface area (Å²) >= 11 is 12.3. The third kappa shape index (κ3) is 3.36. The van der Waals surface area contributed by atoms with Crippen LogP contribution in [0.5, 0.6) is 0 Å². The van der Waals surface area contributed by atoms with Gasteiger partial charge in [0.1, 0.15) is 0 Å². The van der Waals surface area contributed by atoms with Crippen molar-refractivity contribution in [3.05, 3.63) is 58.7 Å². The van der Waals surface area contributed by atoms with Crippen LogP contribution in [0, 0.1) is 0 Å². The van der Waals surface area contributed by atoms with Gasteiger partial charge in [-0.25, -0.2) is 0 Å². The van der Waals surface area contributed by atoms with Crippen LogP contribution in [0.2, 0.25) is 0 Å². The summed E-state index contributed by atoms with van der Waals surface area (Å²) in [6.45, 7) is 4.57. The van der Waals surface area contributed by atoms with E-state index >= 15 is 0 Å². The Bertz CT molecular complexity index is 669. The molecule has 0 spiro atoms. The maximum atomic E-state index is 6.17. The molecule has 0 aromatic heterocycles. The van der Waals surface area contributed by atoms with Crippen LogP contribution in [0.25, 0.3) is 11.1 Å². The molecule has 0 amide bonds. The molecule has 2 heteroatoms. The van der Waals surface area contributed by atoms with Gasteiger partial charge in [-0.3, -0.25) is 0 Å². The third-order valence-corrected chi connectivity index (χ3v) is 6.33. The molecule has 3 rings (SSSR count). The molecule has 2 aromatic rings. The molecule has 134 valence electrons. The summed E-state index contributed by atoms with van der Waals surface area (Å²) in [4.78, 5) is 0. The second-order valence-corrected chi connectivity index (χ2v) is 7.85. The topological polar surface area (TPSA) is 0 Å². The summed E-state index contributed by atoms with van der Waals surface area (Å²) in [7, 11) is 0. The van der Waals surface area contributed by atoms with Crippen LogP contribution in [0.4, 0.5) is 0 Å². The van der Waals surface area contributed by atoms with E-state index in [-0.39, 0.29) is 5.41 Å². The number of benzene rings is 2. The van der Waals surface area contributed by atoms with Crippen LogP contribution in [0.1, 0.15) is 74.6 Å². The summed E-state index contributed by atoms with van der Waals surface area (Å²) in [6.07, 6.45) is 7.37. The zero-order chi connectivity index (χ0) is 17.9. The van der Waals surface area contributed by atoms with E-state index in [0.717, 1.165) is 0 Å². The summed E-state index contributed by atoms with van der Waals surface area (Å²) in [5.74, 6) is 1.16. The minimum absolute atomic E-state index is 0.126. The Labute approximate surface area is 162 Å². The molecule has 0 N–H and O–H groups in total. The maximum Gasteiger partial charge on any atom is 0.0474 e. The van der Waals surface area contributed by atoms with Gasteiger partial charge in [0.15, 0.2) is 0 Å². The molecule has 0 unspecified atom stereocenters. The average Bonchev–Trinajstić information content (AvgIpc) is 2.93. The Morgan fingerprint density at radius 3 is 1.52 bits per heavy atom. The fourth-order valence-electron chi connectivity index (χ4n) is 4.38. The van der Waals surface area contributed by atoms with Crippen LogP contribution < -0.4 is 0 Å². The van der Waals surface area contributed by atoms with Crippen LogP contribution in [0.3, 0.4) is 0 Å². The molecule has 1 aliphatic rings. The van der Waals surface area contributed by atoms with Crippen molar-refractivity contribution in [2.24, 2.45) is 0 Å². The minimum Gasteiger partial charge on any atom is -0.122 e. The predicted octanol–water partition coefficient (Wildman–Crippen LogP) is 7.81. The van der Waals surface area contributed by atoms with Crippen LogP contribution >= 0.6 is 23.2 Å². The normalized spacial score (nSPS) is 14.4. The first-order valence-electron chi connectivity index (χ1n) is 9.59. The van der Waals surface area contributed by atoms with Gasteiger partial charge in [-0.1, -0.05) is 75.9 Å². The smallest absolute Gasteiger partial charge is 0.0474 e. The lowest BCUT2D eigenvalue weighted by molar-refractivity contribution is 0.414. The molecule has 0 aliphatic heterocycles. The molecular weight excluding hydrogens is 347 g/mol. The Morgan fingerprint density at radius 1 is 0.720 bits per heavy atom. The van der Waals surface area contributed by atoms with Crippen LogP contribution in [-0.4, -0.2) is 0 Å². The van der Waals surface area contributed by atoms with Crippen LogP contribution in [0.15, 0.2) is 36.4 Å². The highest BCUT2D eigenvalue weighted by Crippen LogP contribution is 2.54. The predicted molar refractivity (Wildman–Crippen MR) is 111 cm³/mol. The molecule has 0 atom stereocenters. The molecule has 0 heterocycles. The van der Waals surface area contributed by atoms with Gasteiger partial charge in [0, 0.05) is 17.2 Å². The zero-order valence-electron chi connectivity index (χ0n) is 15.4. The van der Waals surface area contributed by atoms with E-state index in [2.05, 4.69) is 50.2 Å². The summed E-state index contributed by atoms with van der Waals surface area (Å²) in [5, 5.41) is 0. The Kier molecular flexibility index (Phi) is 6.12. The van der Waals surface area contributed by atoms with E-state index in [4.69, 9.17) is 23.2 Å². The van der Waals surface area contributed by atoms with E-state index in [9.17, 15) is 0 Å². The van der Waals surface area contributed by atoms with E-state index in [1.165, 1.54) is 71.9 Å². The van der Waals surface area contributed by atoms with E-state index in [1.807, 2.05) is 0 Å². The van der Waals surface area contributed by atoms with Gasteiger partial charge in [-0.2, -0.15) is 0 Å². The quantitative estimate of drug-likeness (QED) is 0.413. The number of fused-ring (bicyclic) bond motifs is 3. The second kappa shape index (κ2) is 8.14. The fourth-order valence-corrected chi connectivity index (χ4v) is 4.71. The molecule has 0 bridgehead atoms. The average molecular weight is 375 g/mol. The van der Waals surface area contributed by atoms with E-state index in [0.29, 0.717) is 11.8 Å². The van der Waals surface area contributed by atoms with Gasteiger partial charge in [-0.05, 0) is 46.2 Å². The SMILES string of the molecule is CCCCC1(CCCC)c2cc(CCl)ccc2-c2ccc(CCl)cc21. The fraction of sp³-hybridized carbons (Fsp3) is 0.478. The molecule has 0 saturated heterocycles. The van der Waals surface area contributed by atoms with E-state index in [1.54, 1.807) is 0 Å². The third-order valence-electron chi connectivity index (χ3n) is 5.71. The van der Waals surface area contributed by atoms with Crippen molar-refractivity contribution in [1.82, 2.24) is 0 Å². The van der Waals surface area contributed by atoms with Gasteiger partial charge in [0.05, 0.1) is 0 Å². The second-order valence-electron chi connectivity index (χ2n) is 7.32. The lowest BCUT2D eigenvalue weighted by Gasteiger charge is -2.33. The molecule has 0 nitrogen and oxygen atoms in total. The molecule has 0 radical (unpaired) electrons. The van der Waals surface area contributed by atoms with Gasteiger partial charge in [-0.15, -0.1) is 23.2 Å². The van der Waals surface area contributed by atoms with Crippen molar-refractivity contribution in [3.8, 4) is 11.1 Å². The van der Waals surface area contributed by atoms with Gasteiger partial charge < -0.3 is 0 Å². The van der Waals surface area contributed by atoms with Crippen molar-refractivity contribution < 1.29 is 0 Å². The Morgan fingerprint density at radius 2 is 1.16 bits per heavy atom. The monoisotopic (exact) mass is 374 g/mol. The molecule has 25 heavy (non-hydrogen) atoms. The van der Waals surface area contributed by atoms with Gasteiger partial charge in [0.2, 0.25) is 0 Å². The number of hydrogen-bond donors (Lipinski definition) is 0. The van der Waals surface area contributed by atoms with Crippen molar-refractivity contribution in [3.63, 3.8) is 0 Å². The van der Waals surface area contributed by atoms with Gasteiger partial charge >= 0.3 is 0 Å². The highest BCUT2D eigenvalue weighted by Gasteiger charge is 2.42. The van der Waals surface area contributed by atoms with Crippen molar-refractivity contribution in [2.75, 3.05) is 0 Å². The maximum absolute atomic E-state index is 6.17. The van der Waals surface area contributed by atoms with E-state index < -0.39 is 0 Å². The van der Waals surface area contributed by atoms with Crippen LogP contribution in [-0.2, 0) is 17.2 Å². The number of rotatable bonds is 8. The first-order valence-corrected chi connectivity index (χ1v) is 10.7. The Hall–Kier alpha value is -0.980. The summed E-state index contributed by atoms with van der Waals surface area (Å²) in [5.41, 5.74) is 8.37. The first kappa shape index (κ1) is 18.8. The molecule has 0 saturated carbocycles. The zero-order valence-corrected chi connectivity index (χ0v) is 16.9. The highest BCUT2D eigenvalue weighted by molar-refractivity contribution is 6.17. The number of alkyl halides is 2. The molecule has 2 aromatic carbocycles. The van der Waals surface area contributed by atoms with Crippen molar-refractivity contribution in [1.29, 1.82) is 0 Å². The van der Waals surface area contributed by atoms with Crippen molar-refractivity contribution in [2.45, 2.75) is 69.5 Å². The summed E-state index contributed by atoms with van der Waals surface area (Å²) in [6, 6.07) is 13.7. The summed E-state index contributed by atoms with van der Waals surface area (Å²) < 4.78 is 0. The standard InChI is InChI=1S/C23H28Cl2/c1-3-5-11-23(12-6-4-2)21-13-17(15-24)7-9-19(21)20-10-8-18(16-25)14-22(20)23/h7-10,13-14H,3-6,11-12,15-16H2,1-2H3. The highest BCUT2D eigenvalue weighted by atomic mass is 35.5. The van der Waals surface area contributed by atoms with Gasteiger partial charge in [0.25, 0.3) is 0 Å². The number of unbranched alkanes of at least 4 members (excludes halogenated alkanes) is 2. The van der Waals surface area contributed by atoms with Crippen molar-refractivity contribution >= 4 is 23.2 Å². The number of hydrogen-bond acceptors (Lipinski definition) is 0.